The van der Waals surface area contributed by atoms with Crippen molar-refractivity contribution >= 4 is 17.4 Å². The van der Waals surface area contributed by atoms with Crippen LogP contribution in [0.25, 0.3) is 0 Å². The molecule has 0 saturated heterocycles. The second-order valence-corrected chi connectivity index (χ2v) is 6.40. The van der Waals surface area contributed by atoms with Gasteiger partial charge in [-0.25, -0.2) is 4.79 Å². The van der Waals surface area contributed by atoms with Crippen molar-refractivity contribution < 1.29 is 19.1 Å². The zero-order chi connectivity index (χ0) is 17.9. The third-order valence-corrected chi connectivity index (χ3v) is 3.80. The molecule has 2 aromatic rings. The maximum Gasteiger partial charge on any atom is 0.335 e. The number of carboxylic acids is 1. The van der Waals surface area contributed by atoms with Gasteiger partial charge in [-0.05, 0) is 41.8 Å². The number of rotatable bonds is 7. The number of anilines is 1. The van der Waals surface area contributed by atoms with Crippen LogP contribution in [-0.2, 0) is 0 Å². The molecule has 0 spiro atoms. The molecule has 0 radical (unpaired) electrons. The van der Waals surface area contributed by atoms with Gasteiger partial charge in [0.1, 0.15) is 5.76 Å². The van der Waals surface area contributed by atoms with E-state index in [1.54, 1.807) is 12.1 Å². The number of benzene rings is 1. The van der Waals surface area contributed by atoms with E-state index in [9.17, 15) is 9.59 Å². The lowest BCUT2D eigenvalue weighted by Crippen LogP contribution is -2.13. The fourth-order valence-electron chi connectivity index (χ4n) is 2.46. The predicted octanol–water partition coefficient (Wildman–Crippen LogP) is 4.52. The first-order valence-corrected chi connectivity index (χ1v) is 8.03. The fraction of sp³-hybridized carbons (Fsp3) is 0.368. The smallest absolute Gasteiger partial charge is 0.335 e. The first-order valence-electron chi connectivity index (χ1n) is 8.03. The molecule has 0 amide bonds. The summed E-state index contributed by atoms with van der Waals surface area (Å²) in [5.41, 5.74) is 1.97. The van der Waals surface area contributed by atoms with E-state index in [4.69, 9.17) is 9.52 Å². The topological polar surface area (TPSA) is 79.5 Å². The third kappa shape index (κ3) is 4.04. The average molecular weight is 329 g/mol. The Kier molecular flexibility index (Phi) is 5.44. The summed E-state index contributed by atoms with van der Waals surface area (Å²) in [6, 6.07) is 8.10. The van der Waals surface area contributed by atoms with E-state index in [1.807, 2.05) is 19.9 Å². The van der Waals surface area contributed by atoms with Crippen LogP contribution < -0.4 is 5.32 Å². The van der Waals surface area contributed by atoms with Gasteiger partial charge in [-0.15, -0.1) is 0 Å². The average Bonchev–Trinajstić information content (AvgIpc) is 2.99. The summed E-state index contributed by atoms with van der Waals surface area (Å²) in [5, 5.41) is 11.9. The lowest BCUT2D eigenvalue weighted by Gasteiger charge is -2.07. The highest BCUT2D eigenvalue weighted by atomic mass is 16.4. The van der Waals surface area contributed by atoms with Gasteiger partial charge in [0.25, 0.3) is 0 Å². The maximum absolute atomic E-state index is 12.4. The van der Waals surface area contributed by atoms with Crippen LogP contribution in [0.5, 0.6) is 0 Å². The lowest BCUT2D eigenvalue weighted by molar-refractivity contribution is 0.0696. The number of hydrogen-bond donors (Lipinski definition) is 2. The summed E-state index contributed by atoms with van der Waals surface area (Å²) in [6.07, 6.45) is 0. The van der Waals surface area contributed by atoms with Crippen molar-refractivity contribution in [2.75, 3.05) is 11.9 Å². The van der Waals surface area contributed by atoms with Crippen LogP contribution in [0.3, 0.4) is 0 Å². The number of carbonyl (C=O) groups is 2. The molecule has 0 fully saturated rings. The van der Waals surface area contributed by atoms with E-state index in [1.165, 1.54) is 12.1 Å². The minimum Gasteiger partial charge on any atom is -0.478 e. The molecule has 0 saturated carbocycles. The Balaban J connectivity index is 2.07. The maximum atomic E-state index is 12.4. The number of ketones is 1. The van der Waals surface area contributed by atoms with Crippen LogP contribution in [0.1, 0.15) is 71.8 Å². The molecule has 1 heterocycles. The summed E-state index contributed by atoms with van der Waals surface area (Å²) in [5.74, 6) is 0.627. The number of carboxylic acid groups (broad SMARTS) is 1. The molecule has 0 aliphatic carbocycles. The predicted molar refractivity (Wildman–Crippen MR) is 93.1 cm³/mol. The normalized spacial score (nSPS) is 11.1. The first kappa shape index (κ1) is 17.8. The van der Waals surface area contributed by atoms with E-state index in [2.05, 4.69) is 19.2 Å². The zero-order valence-corrected chi connectivity index (χ0v) is 14.4. The Morgan fingerprint density at radius 2 is 1.71 bits per heavy atom. The minimum absolute atomic E-state index is 0.0923. The first-order chi connectivity index (χ1) is 11.3. The molecule has 0 unspecified atom stereocenters. The van der Waals surface area contributed by atoms with E-state index in [0.29, 0.717) is 17.4 Å². The fourth-order valence-corrected chi connectivity index (χ4v) is 2.46. The SMILES string of the molecule is CC(C)c1cc(C(=O)CNc2ccc(C(=O)O)cc2)oc1C(C)C. The number of furan rings is 1. The molecular weight excluding hydrogens is 306 g/mol. The van der Waals surface area contributed by atoms with Crippen LogP contribution in [0.4, 0.5) is 5.69 Å². The molecule has 2 rings (SSSR count). The highest BCUT2D eigenvalue weighted by molar-refractivity contribution is 5.97. The molecule has 1 aromatic carbocycles. The van der Waals surface area contributed by atoms with Gasteiger partial charge in [0.15, 0.2) is 5.76 Å². The number of Topliss-reactive ketones (excluding diaryl/α,β-unsaturated/α-hetero) is 1. The summed E-state index contributed by atoms with van der Waals surface area (Å²) in [7, 11) is 0. The second kappa shape index (κ2) is 7.34. The molecule has 2 N–H and O–H groups in total. The molecule has 5 nitrogen and oxygen atoms in total. The summed E-state index contributed by atoms with van der Waals surface area (Å²) >= 11 is 0. The molecule has 0 atom stereocenters. The number of aromatic carboxylic acids is 1. The van der Waals surface area contributed by atoms with Gasteiger partial charge in [0.05, 0.1) is 12.1 Å². The Hall–Kier alpha value is -2.56. The van der Waals surface area contributed by atoms with Gasteiger partial charge >= 0.3 is 5.97 Å². The van der Waals surface area contributed by atoms with Crippen molar-refractivity contribution in [3.8, 4) is 0 Å². The third-order valence-electron chi connectivity index (χ3n) is 3.80. The number of carbonyl (C=O) groups excluding carboxylic acids is 1. The highest BCUT2D eigenvalue weighted by Gasteiger charge is 2.20. The summed E-state index contributed by atoms with van der Waals surface area (Å²) in [4.78, 5) is 23.2. The van der Waals surface area contributed by atoms with Gasteiger partial charge in [-0.2, -0.15) is 0 Å². The van der Waals surface area contributed by atoms with Gasteiger partial charge in [-0.3, -0.25) is 4.79 Å². The Labute approximate surface area is 141 Å². The van der Waals surface area contributed by atoms with Crippen LogP contribution in [0.2, 0.25) is 0 Å². The van der Waals surface area contributed by atoms with E-state index >= 15 is 0 Å². The van der Waals surface area contributed by atoms with Gasteiger partial charge in [0, 0.05) is 11.6 Å². The molecule has 0 aliphatic rings. The van der Waals surface area contributed by atoms with Crippen molar-refractivity contribution in [2.24, 2.45) is 0 Å². The molecule has 0 aliphatic heterocycles. The van der Waals surface area contributed by atoms with E-state index < -0.39 is 5.97 Å². The largest absolute Gasteiger partial charge is 0.478 e. The summed E-state index contributed by atoms with van der Waals surface area (Å²) in [6.45, 7) is 8.33. The Bertz CT molecular complexity index is 701. The molecule has 0 bridgehead atoms. The highest BCUT2D eigenvalue weighted by Crippen LogP contribution is 2.29. The van der Waals surface area contributed by atoms with Crippen molar-refractivity contribution in [1.29, 1.82) is 0 Å². The van der Waals surface area contributed by atoms with Gasteiger partial charge in [0.2, 0.25) is 5.78 Å². The molecule has 24 heavy (non-hydrogen) atoms. The van der Waals surface area contributed by atoms with Crippen LogP contribution >= 0.6 is 0 Å². The van der Waals surface area contributed by atoms with Crippen LogP contribution in [0.15, 0.2) is 34.7 Å². The number of nitrogens with one attached hydrogen (secondary N) is 1. The minimum atomic E-state index is -0.976. The standard InChI is InChI=1S/C19H23NO4/c1-11(2)15-9-17(24-18(15)12(3)4)16(21)10-20-14-7-5-13(6-8-14)19(22)23/h5-9,11-12,20H,10H2,1-4H3,(H,22,23). The molecular formula is C19H23NO4. The van der Waals surface area contributed by atoms with Crippen molar-refractivity contribution in [3.05, 3.63) is 53.0 Å². The van der Waals surface area contributed by atoms with Crippen molar-refractivity contribution in [1.82, 2.24) is 0 Å². The molecule has 5 heteroatoms. The van der Waals surface area contributed by atoms with E-state index in [-0.39, 0.29) is 23.8 Å². The Morgan fingerprint density at radius 3 is 2.17 bits per heavy atom. The molecule has 128 valence electrons. The van der Waals surface area contributed by atoms with Gasteiger partial charge in [-0.1, -0.05) is 27.7 Å². The quantitative estimate of drug-likeness (QED) is 0.730. The van der Waals surface area contributed by atoms with E-state index in [0.717, 1.165) is 11.3 Å². The molecule has 1 aromatic heterocycles. The monoisotopic (exact) mass is 329 g/mol. The Morgan fingerprint density at radius 1 is 1.08 bits per heavy atom. The number of hydrogen-bond acceptors (Lipinski definition) is 4. The summed E-state index contributed by atoms with van der Waals surface area (Å²) < 4.78 is 5.77. The van der Waals surface area contributed by atoms with Crippen LogP contribution in [-0.4, -0.2) is 23.4 Å². The second-order valence-electron chi connectivity index (χ2n) is 6.40. The van der Waals surface area contributed by atoms with Crippen molar-refractivity contribution in [2.45, 2.75) is 39.5 Å². The lowest BCUT2D eigenvalue weighted by atomic mass is 9.98. The zero-order valence-electron chi connectivity index (χ0n) is 14.4. The van der Waals surface area contributed by atoms with Crippen molar-refractivity contribution in [3.63, 3.8) is 0 Å². The van der Waals surface area contributed by atoms with Gasteiger partial charge < -0.3 is 14.8 Å². The van der Waals surface area contributed by atoms with Crippen LogP contribution in [0, 0.1) is 0 Å².